The highest BCUT2D eigenvalue weighted by Gasteiger charge is 2.45. The number of nitrogens with zero attached hydrogens (tertiary/aromatic N) is 1. The highest BCUT2D eigenvalue weighted by atomic mass is 16.5. The molecule has 4 rings (SSSR count). The minimum atomic E-state index is -0.704. The van der Waals surface area contributed by atoms with Gasteiger partial charge in [0, 0.05) is 37.7 Å². The van der Waals surface area contributed by atoms with Crippen molar-refractivity contribution in [3.63, 3.8) is 0 Å². The Morgan fingerprint density at radius 3 is 2.79 bits per heavy atom. The molecule has 0 unspecified atom stereocenters. The van der Waals surface area contributed by atoms with Crippen LogP contribution in [0.5, 0.6) is 5.75 Å². The lowest BCUT2D eigenvalue weighted by molar-refractivity contribution is -0.120. The number of fused-ring (bicyclic) bond motifs is 1. The molecular formula is C23H29N3O3. The van der Waals surface area contributed by atoms with Crippen LogP contribution in [0.3, 0.4) is 0 Å². The number of pyridine rings is 1. The molecule has 1 saturated carbocycles. The van der Waals surface area contributed by atoms with Crippen molar-refractivity contribution >= 4 is 5.91 Å². The Morgan fingerprint density at radius 1 is 1.31 bits per heavy atom. The Hall–Kier alpha value is -2.44. The number of carbonyl (C=O) groups excluding carboxylic acids is 1. The van der Waals surface area contributed by atoms with Crippen LogP contribution in [0.1, 0.15) is 49.8 Å². The van der Waals surface area contributed by atoms with Crippen LogP contribution in [0.2, 0.25) is 0 Å². The molecule has 1 spiro atoms. The first kappa shape index (κ1) is 19.9. The molecule has 0 bridgehead atoms. The summed E-state index contributed by atoms with van der Waals surface area (Å²) >= 11 is 0. The zero-order valence-electron chi connectivity index (χ0n) is 16.8. The summed E-state index contributed by atoms with van der Waals surface area (Å²) in [4.78, 5) is 15.9. The summed E-state index contributed by atoms with van der Waals surface area (Å²) in [6.07, 6.45) is 7.64. The second-order valence-corrected chi connectivity index (χ2v) is 8.28. The molecule has 1 aliphatic heterocycles. The number of carbonyl (C=O) groups is 1. The van der Waals surface area contributed by atoms with Crippen molar-refractivity contribution < 1.29 is 14.6 Å². The fraction of sp³-hybridized carbons (Fsp3) is 0.478. The van der Waals surface area contributed by atoms with Crippen LogP contribution >= 0.6 is 0 Å². The lowest BCUT2D eigenvalue weighted by atomic mass is 9.73. The first-order valence-corrected chi connectivity index (χ1v) is 10.4. The van der Waals surface area contributed by atoms with Gasteiger partial charge in [-0.25, -0.2) is 0 Å². The third kappa shape index (κ3) is 4.60. The van der Waals surface area contributed by atoms with Crippen molar-refractivity contribution in [3.05, 3.63) is 59.9 Å². The monoisotopic (exact) mass is 395 g/mol. The number of ether oxygens (including phenoxy) is 1. The minimum absolute atomic E-state index is 0.0975. The molecule has 1 fully saturated rings. The Labute approximate surface area is 171 Å². The molecular weight excluding hydrogens is 366 g/mol. The zero-order valence-corrected chi connectivity index (χ0v) is 16.8. The Bertz CT molecular complexity index is 838. The highest BCUT2D eigenvalue weighted by molar-refractivity contribution is 5.73. The van der Waals surface area contributed by atoms with Crippen molar-refractivity contribution in [2.45, 2.75) is 62.8 Å². The normalized spacial score (nSPS) is 21.4. The van der Waals surface area contributed by atoms with Gasteiger partial charge in [-0.05, 0) is 37.3 Å². The summed E-state index contributed by atoms with van der Waals surface area (Å²) in [6, 6.07) is 11.7. The number of aliphatic hydroxyl groups is 1. The predicted octanol–water partition coefficient (Wildman–Crippen LogP) is 2.53. The lowest BCUT2D eigenvalue weighted by Crippen LogP contribution is -2.52. The van der Waals surface area contributed by atoms with E-state index in [1.54, 1.807) is 12.4 Å². The van der Waals surface area contributed by atoms with Gasteiger partial charge in [0.25, 0.3) is 0 Å². The highest BCUT2D eigenvalue weighted by Crippen LogP contribution is 2.48. The molecule has 2 aromatic rings. The van der Waals surface area contributed by atoms with Gasteiger partial charge in [0.05, 0.1) is 18.3 Å². The first-order valence-electron chi connectivity index (χ1n) is 10.4. The predicted molar refractivity (Wildman–Crippen MR) is 111 cm³/mol. The van der Waals surface area contributed by atoms with Gasteiger partial charge in [0.15, 0.2) is 0 Å². The van der Waals surface area contributed by atoms with E-state index < -0.39 is 6.10 Å². The van der Waals surface area contributed by atoms with E-state index in [0.29, 0.717) is 13.0 Å². The Morgan fingerprint density at radius 2 is 2.10 bits per heavy atom. The second-order valence-electron chi connectivity index (χ2n) is 8.28. The van der Waals surface area contributed by atoms with Gasteiger partial charge in [-0.15, -0.1) is 0 Å². The smallest absolute Gasteiger partial charge is 0.217 e. The quantitative estimate of drug-likeness (QED) is 0.671. The number of hydrogen-bond acceptors (Lipinski definition) is 5. The first-order chi connectivity index (χ1) is 14.0. The summed E-state index contributed by atoms with van der Waals surface area (Å²) in [5.74, 6) is 0.703. The van der Waals surface area contributed by atoms with Gasteiger partial charge in [0.2, 0.25) is 5.91 Å². The molecule has 3 atom stereocenters. The van der Waals surface area contributed by atoms with Gasteiger partial charge in [0.1, 0.15) is 11.4 Å². The molecule has 2 aliphatic rings. The van der Waals surface area contributed by atoms with E-state index in [1.807, 2.05) is 36.4 Å². The van der Waals surface area contributed by atoms with Crippen LogP contribution in [0.4, 0.5) is 0 Å². The van der Waals surface area contributed by atoms with Gasteiger partial charge in [-0.1, -0.05) is 30.3 Å². The standard InChI is InChI=1S/C23H29N3O3/c1-16(27)26-19(12-17-6-3-2-4-7-17)21(28)14-25-20-13-23(9-5-10-23)29-22-15-24-11-8-18(20)22/h2-4,6-8,11,15,19-21,25,28H,5,9-10,12-14H2,1H3,(H,26,27)/t19-,20-,21+/m0/s1. The fourth-order valence-corrected chi connectivity index (χ4v) is 4.40. The maximum Gasteiger partial charge on any atom is 0.217 e. The number of amides is 1. The lowest BCUT2D eigenvalue weighted by Gasteiger charge is -2.48. The van der Waals surface area contributed by atoms with E-state index in [0.717, 1.165) is 36.1 Å². The largest absolute Gasteiger partial charge is 0.485 e. The van der Waals surface area contributed by atoms with Crippen molar-refractivity contribution in [1.29, 1.82) is 0 Å². The molecule has 29 heavy (non-hydrogen) atoms. The molecule has 154 valence electrons. The average molecular weight is 396 g/mol. The summed E-state index contributed by atoms with van der Waals surface area (Å²) < 4.78 is 6.25. The summed E-state index contributed by atoms with van der Waals surface area (Å²) in [7, 11) is 0. The number of aliphatic hydroxyl groups excluding tert-OH is 1. The van der Waals surface area contributed by atoms with E-state index in [1.165, 1.54) is 13.3 Å². The maximum absolute atomic E-state index is 11.7. The molecule has 1 aliphatic carbocycles. The van der Waals surface area contributed by atoms with E-state index >= 15 is 0 Å². The molecule has 1 amide bonds. The Balaban J connectivity index is 1.44. The van der Waals surface area contributed by atoms with Crippen LogP contribution < -0.4 is 15.4 Å². The summed E-state index contributed by atoms with van der Waals surface area (Å²) in [5.41, 5.74) is 2.07. The van der Waals surface area contributed by atoms with Crippen molar-refractivity contribution in [1.82, 2.24) is 15.6 Å². The summed E-state index contributed by atoms with van der Waals surface area (Å²) in [6.45, 7) is 1.88. The molecule has 6 heteroatoms. The fourth-order valence-electron chi connectivity index (χ4n) is 4.40. The third-order valence-electron chi connectivity index (χ3n) is 6.08. The van der Waals surface area contributed by atoms with Crippen LogP contribution in [0, 0.1) is 0 Å². The molecule has 3 N–H and O–H groups in total. The number of hydrogen-bond donors (Lipinski definition) is 3. The Kier molecular flexibility index (Phi) is 5.83. The average Bonchev–Trinajstić information content (AvgIpc) is 2.70. The molecule has 1 aromatic carbocycles. The van der Waals surface area contributed by atoms with Crippen LogP contribution in [0.25, 0.3) is 0 Å². The van der Waals surface area contributed by atoms with Crippen molar-refractivity contribution in [3.8, 4) is 5.75 Å². The van der Waals surface area contributed by atoms with Crippen LogP contribution in [0.15, 0.2) is 48.8 Å². The van der Waals surface area contributed by atoms with E-state index in [2.05, 4.69) is 15.6 Å². The zero-order chi connectivity index (χ0) is 20.3. The molecule has 6 nitrogen and oxygen atoms in total. The molecule has 1 aromatic heterocycles. The number of aromatic nitrogens is 1. The van der Waals surface area contributed by atoms with Crippen molar-refractivity contribution in [2.75, 3.05) is 6.54 Å². The summed E-state index contributed by atoms with van der Waals surface area (Å²) in [5, 5.41) is 17.3. The van der Waals surface area contributed by atoms with Gasteiger partial charge >= 0.3 is 0 Å². The van der Waals surface area contributed by atoms with Crippen LogP contribution in [-0.4, -0.2) is 40.3 Å². The van der Waals surface area contributed by atoms with Gasteiger partial charge in [-0.2, -0.15) is 0 Å². The maximum atomic E-state index is 11.7. The third-order valence-corrected chi connectivity index (χ3v) is 6.08. The van der Waals surface area contributed by atoms with E-state index in [-0.39, 0.29) is 23.6 Å². The van der Waals surface area contributed by atoms with E-state index in [9.17, 15) is 9.90 Å². The van der Waals surface area contributed by atoms with Gasteiger partial charge in [-0.3, -0.25) is 9.78 Å². The number of rotatable bonds is 7. The number of benzene rings is 1. The molecule has 0 saturated heterocycles. The van der Waals surface area contributed by atoms with Gasteiger partial charge < -0.3 is 20.5 Å². The molecule has 0 radical (unpaired) electrons. The minimum Gasteiger partial charge on any atom is -0.485 e. The van der Waals surface area contributed by atoms with Crippen molar-refractivity contribution in [2.24, 2.45) is 0 Å². The number of nitrogens with one attached hydrogen (secondary N) is 2. The van der Waals surface area contributed by atoms with Crippen LogP contribution in [-0.2, 0) is 11.2 Å². The SMILES string of the molecule is CC(=O)N[C@@H](Cc1ccccc1)[C@H](O)CN[C@H]1CC2(CCC2)Oc2cnccc21. The van der Waals surface area contributed by atoms with E-state index in [4.69, 9.17) is 4.74 Å². The molecule has 2 heterocycles. The second kappa shape index (κ2) is 8.51. The topological polar surface area (TPSA) is 83.5 Å².